The Hall–Kier alpha value is -2.12. The molecule has 0 aromatic heterocycles. The largest absolute Gasteiger partial charge is 0.465 e. The van der Waals surface area contributed by atoms with Crippen molar-refractivity contribution in [2.75, 3.05) is 19.8 Å². The monoisotopic (exact) mass is 630 g/mol. The number of hydrogen-bond donors (Lipinski definition) is 0. The van der Waals surface area contributed by atoms with Gasteiger partial charge in [-0.2, -0.15) is 0 Å². The van der Waals surface area contributed by atoms with Crippen molar-refractivity contribution in [3.63, 3.8) is 0 Å². The van der Waals surface area contributed by atoms with E-state index in [9.17, 15) is 19.2 Å². The summed E-state index contributed by atoms with van der Waals surface area (Å²) in [5.41, 5.74) is -1.09. The molecule has 0 amide bonds. The van der Waals surface area contributed by atoms with Crippen LogP contribution in [-0.4, -0.2) is 49.3 Å². The first kappa shape index (κ1) is 34.2. The summed E-state index contributed by atoms with van der Waals surface area (Å²) in [5, 5.41) is 0. The standard InChI is InChI=1S/C37H58O8/c1-6-27-15-24-14-26(18-28(27)16-24)22-44-32(38)9-12-42-34(40)23(2)8-7-11-36(3,4)35(41)43-13-10-33(39)45-37(5)30-19-25-17-29(21-30)31(37)20-25/h23-31H,6-22H2,1-5H3. The van der Waals surface area contributed by atoms with Crippen LogP contribution in [0.25, 0.3) is 0 Å². The number of hydrogen-bond acceptors (Lipinski definition) is 8. The second-order valence-electron chi connectivity index (χ2n) is 16.3. The Bertz CT molecular complexity index is 1080. The molecular weight excluding hydrogens is 572 g/mol. The Morgan fingerprint density at radius 2 is 1.53 bits per heavy atom. The number of carbonyl (C=O) groups is 4. The summed E-state index contributed by atoms with van der Waals surface area (Å²) < 4.78 is 22.4. The van der Waals surface area contributed by atoms with Gasteiger partial charge in [-0.25, -0.2) is 0 Å². The highest BCUT2D eigenvalue weighted by atomic mass is 16.6. The van der Waals surface area contributed by atoms with Gasteiger partial charge in [-0.05, 0) is 126 Å². The SMILES string of the molecule is CCC1CC2CC(COC(=O)CCOC(=O)C(C)CCCC(C)(C)C(=O)OCCC(=O)OC3(C)C4CC5CC(C4)C3C5)CC1C2. The van der Waals surface area contributed by atoms with E-state index in [1.165, 1.54) is 51.4 Å². The van der Waals surface area contributed by atoms with Gasteiger partial charge in [-0.3, -0.25) is 19.2 Å². The lowest BCUT2D eigenvalue weighted by Gasteiger charge is -2.41. The fraction of sp³-hybridized carbons (Fsp3) is 0.892. The van der Waals surface area contributed by atoms with Crippen molar-refractivity contribution in [1.82, 2.24) is 0 Å². The molecule has 8 heteroatoms. The van der Waals surface area contributed by atoms with Crippen molar-refractivity contribution in [2.45, 2.75) is 130 Å². The highest BCUT2D eigenvalue weighted by Gasteiger charge is 2.62. The van der Waals surface area contributed by atoms with Gasteiger partial charge in [0, 0.05) is 5.92 Å². The second-order valence-corrected chi connectivity index (χ2v) is 16.3. The van der Waals surface area contributed by atoms with E-state index in [2.05, 4.69) is 13.8 Å². The third kappa shape index (κ3) is 8.06. The highest BCUT2D eigenvalue weighted by molar-refractivity contribution is 5.77. The van der Waals surface area contributed by atoms with Crippen LogP contribution in [0, 0.1) is 58.7 Å². The molecule has 0 aliphatic heterocycles. The van der Waals surface area contributed by atoms with E-state index in [0.29, 0.717) is 49.5 Å². The lowest BCUT2D eigenvalue weighted by atomic mass is 9.73. The third-order valence-corrected chi connectivity index (χ3v) is 12.6. The van der Waals surface area contributed by atoms with E-state index in [1.54, 1.807) is 6.92 Å². The van der Waals surface area contributed by atoms with Crippen LogP contribution in [0.2, 0.25) is 0 Å². The van der Waals surface area contributed by atoms with Gasteiger partial charge in [0.15, 0.2) is 0 Å². The van der Waals surface area contributed by atoms with E-state index in [1.807, 2.05) is 13.8 Å². The minimum absolute atomic E-state index is 0.0186. The first-order chi connectivity index (χ1) is 21.4. The molecule has 6 aliphatic rings. The molecule has 10 atom stereocenters. The Morgan fingerprint density at radius 3 is 2.29 bits per heavy atom. The van der Waals surface area contributed by atoms with Crippen molar-refractivity contribution in [2.24, 2.45) is 58.7 Å². The summed E-state index contributed by atoms with van der Waals surface area (Å²) >= 11 is 0. The third-order valence-electron chi connectivity index (χ3n) is 12.6. The van der Waals surface area contributed by atoms with Crippen molar-refractivity contribution < 1.29 is 38.1 Å². The van der Waals surface area contributed by atoms with Crippen molar-refractivity contribution >= 4 is 23.9 Å². The van der Waals surface area contributed by atoms with Gasteiger partial charge in [-0.15, -0.1) is 0 Å². The fourth-order valence-electron chi connectivity index (χ4n) is 10.1. The van der Waals surface area contributed by atoms with Crippen molar-refractivity contribution in [3.05, 3.63) is 0 Å². The molecule has 6 bridgehead atoms. The van der Waals surface area contributed by atoms with Gasteiger partial charge in [0.2, 0.25) is 0 Å². The van der Waals surface area contributed by atoms with E-state index in [0.717, 1.165) is 30.1 Å². The maximum atomic E-state index is 12.8. The van der Waals surface area contributed by atoms with Gasteiger partial charge >= 0.3 is 23.9 Å². The number of carbonyl (C=O) groups excluding carboxylic acids is 4. The number of rotatable bonds is 16. The average Bonchev–Trinajstić information content (AvgIpc) is 3.53. The minimum Gasteiger partial charge on any atom is -0.465 e. The van der Waals surface area contributed by atoms with Gasteiger partial charge in [0.1, 0.15) is 18.8 Å². The highest BCUT2D eigenvalue weighted by Crippen LogP contribution is 2.64. The average molecular weight is 631 g/mol. The molecular formula is C37H58O8. The molecule has 6 aliphatic carbocycles. The van der Waals surface area contributed by atoms with Gasteiger partial charge in [0.25, 0.3) is 0 Å². The summed E-state index contributed by atoms with van der Waals surface area (Å²) in [7, 11) is 0. The molecule has 6 fully saturated rings. The molecule has 0 saturated heterocycles. The van der Waals surface area contributed by atoms with E-state index >= 15 is 0 Å². The number of fused-ring (bicyclic) bond motifs is 2. The first-order valence-corrected chi connectivity index (χ1v) is 18.1. The maximum Gasteiger partial charge on any atom is 0.311 e. The summed E-state index contributed by atoms with van der Waals surface area (Å²) in [5.74, 6) is 3.77. The molecule has 0 spiro atoms. The van der Waals surface area contributed by atoms with Crippen molar-refractivity contribution in [1.29, 1.82) is 0 Å². The molecule has 254 valence electrons. The molecule has 45 heavy (non-hydrogen) atoms. The maximum absolute atomic E-state index is 12.8. The predicted octanol–water partition coefficient (Wildman–Crippen LogP) is 7.06. The summed E-state index contributed by atoms with van der Waals surface area (Å²) in [6.45, 7) is 10.4. The number of ether oxygens (including phenoxy) is 4. The van der Waals surface area contributed by atoms with Crippen LogP contribution in [0.5, 0.6) is 0 Å². The minimum atomic E-state index is -0.734. The lowest BCUT2D eigenvalue weighted by molar-refractivity contribution is -0.173. The Balaban J connectivity index is 0.904. The van der Waals surface area contributed by atoms with Crippen LogP contribution in [0.1, 0.15) is 125 Å². The van der Waals surface area contributed by atoms with Gasteiger partial charge in [0.05, 0.1) is 30.8 Å². The van der Waals surface area contributed by atoms with Gasteiger partial charge < -0.3 is 18.9 Å². The van der Waals surface area contributed by atoms with Crippen LogP contribution in [0.15, 0.2) is 0 Å². The second kappa shape index (κ2) is 14.3. The van der Waals surface area contributed by atoms with Crippen molar-refractivity contribution in [3.8, 4) is 0 Å². The Morgan fingerprint density at radius 1 is 0.822 bits per heavy atom. The molecule has 6 saturated carbocycles. The number of esters is 4. The predicted molar refractivity (Wildman–Crippen MR) is 169 cm³/mol. The quantitative estimate of drug-likeness (QED) is 0.132. The summed E-state index contributed by atoms with van der Waals surface area (Å²) in [6.07, 6.45) is 13.0. The zero-order valence-corrected chi connectivity index (χ0v) is 28.5. The molecule has 0 radical (unpaired) electrons. The Labute approximate surface area is 270 Å². The summed E-state index contributed by atoms with van der Waals surface area (Å²) in [4.78, 5) is 50.2. The molecule has 10 unspecified atom stereocenters. The van der Waals surface area contributed by atoms with Gasteiger partial charge in [-0.1, -0.05) is 26.7 Å². The normalized spacial score (nSPS) is 35.2. The molecule has 0 aromatic carbocycles. The van der Waals surface area contributed by atoms with Crippen LogP contribution >= 0.6 is 0 Å². The van der Waals surface area contributed by atoms with Crippen LogP contribution in [0.4, 0.5) is 0 Å². The lowest BCUT2D eigenvalue weighted by Crippen LogP contribution is -2.44. The van der Waals surface area contributed by atoms with E-state index in [4.69, 9.17) is 18.9 Å². The van der Waals surface area contributed by atoms with E-state index in [-0.39, 0.29) is 61.5 Å². The van der Waals surface area contributed by atoms with Crippen LogP contribution in [0.3, 0.4) is 0 Å². The molecule has 0 aromatic rings. The van der Waals surface area contributed by atoms with Crippen LogP contribution < -0.4 is 0 Å². The smallest absolute Gasteiger partial charge is 0.311 e. The topological polar surface area (TPSA) is 105 Å². The first-order valence-electron chi connectivity index (χ1n) is 18.1. The zero-order valence-electron chi connectivity index (χ0n) is 28.5. The Kier molecular flexibility index (Phi) is 10.9. The summed E-state index contributed by atoms with van der Waals surface area (Å²) in [6, 6.07) is 0. The molecule has 0 N–H and O–H groups in total. The van der Waals surface area contributed by atoms with Crippen LogP contribution in [-0.2, 0) is 38.1 Å². The molecule has 6 rings (SSSR count). The molecule has 8 nitrogen and oxygen atoms in total. The van der Waals surface area contributed by atoms with E-state index < -0.39 is 5.41 Å². The fourth-order valence-corrected chi connectivity index (χ4v) is 10.1. The zero-order chi connectivity index (χ0) is 32.4. The molecule has 0 heterocycles.